The van der Waals surface area contributed by atoms with Gasteiger partial charge in [0.1, 0.15) is 5.75 Å². The molecule has 2 aromatic carbocycles. The second-order valence-corrected chi connectivity index (χ2v) is 7.46. The van der Waals surface area contributed by atoms with E-state index < -0.39 is 0 Å². The molecule has 0 atom stereocenters. The molecule has 0 radical (unpaired) electrons. The summed E-state index contributed by atoms with van der Waals surface area (Å²) in [6.45, 7) is 4.79. The maximum absolute atomic E-state index is 12.8. The summed E-state index contributed by atoms with van der Waals surface area (Å²) in [5, 5.41) is 0.906. The number of hydrogen-bond acceptors (Lipinski definition) is 6. The Hall–Kier alpha value is -2.93. The Morgan fingerprint density at radius 2 is 1.82 bits per heavy atom. The smallest absolute Gasteiger partial charge is 0.254 e. The fourth-order valence-corrected chi connectivity index (χ4v) is 4.02. The lowest BCUT2D eigenvalue weighted by molar-refractivity contribution is 0.0746. The molecule has 7 heteroatoms. The maximum Gasteiger partial charge on any atom is 0.254 e. The summed E-state index contributed by atoms with van der Waals surface area (Å²) in [6.07, 6.45) is 0. The predicted octanol–water partition coefficient (Wildman–Crippen LogP) is 3.48. The van der Waals surface area contributed by atoms with E-state index in [0.29, 0.717) is 18.7 Å². The molecule has 28 heavy (non-hydrogen) atoms. The van der Waals surface area contributed by atoms with E-state index in [1.165, 1.54) is 11.5 Å². The maximum atomic E-state index is 12.8. The molecule has 0 spiro atoms. The fourth-order valence-electron chi connectivity index (χ4n) is 3.28. The summed E-state index contributed by atoms with van der Waals surface area (Å²) in [7, 11) is 1.63. The molecule has 144 valence electrons. The minimum atomic E-state index is 0.0418. The standard InChI is InChI=1S/C21H22N4O2S/c1-15-8-9-17(14-18(15)27-2)20(26)24-10-12-25(13-11-24)21-22-19(23-28-21)16-6-4-3-5-7-16/h3-9,14H,10-13H2,1-2H3. The van der Waals surface area contributed by atoms with E-state index in [0.717, 1.165) is 40.9 Å². The summed E-state index contributed by atoms with van der Waals surface area (Å²) in [4.78, 5) is 21.6. The Morgan fingerprint density at radius 1 is 1.07 bits per heavy atom. The first-order valence-electron chi connectivity index (χ1n) is 9.23. The van der Waals surface area contributed by atoms with Crippen molar-refractivity contribution in [2.75, 3.05) is 38.2 Å². The van der Waals surface area contributed by atoms with Crippen LogP contribution in [0, 0.1) is 6.92 Å². The number of aromatic nitrogens is 2. The largest absolute Gasteiger partial charge is 0.496 e. The first kappa shape index (κ1) is 18.4. The van der Waals surface area contributed by atoms with Gasteiger partial charge >= 0.3 is 0 Å². The van der Waals surface area contributed by atoms with Crippen LogP contribution in [0.25, 0.3) is 11.4 Å². The van der Waals surface area contributed by atoms with E-state index in [1.807, 2.05) is 60.4 Å². The number of benzene rings is 2. The second kappa shape index (κ2) is 7.98. The van der Waals surface area contributed by atoms with Crippen molar-refractivity contribution >= 4 is 22.6 Å². The van der Waals surface area contributed by atoms with Crippen LogP contribution >= 0.6 is 11.5 Å². The van der Waals surface area contributed by atoms with Gasteiger partial charge in [0.05, 0.1) is 7.11 Å². The molecule has 3 aromatic rings. The van der Waals surface area contributed by atoms with Gasteiger partial charge in [0.15, 0.2) is 5.82 Å². The van der Waals surface area contributed by atoms with Crippen LogP contribution in [-0.4, -0.2) is 53.5 Å². The molecule has 1 saturated heterocycles. The number of methoxy groups -OCH3 is 1. The molecule has 1 amide bonds. The summed E-state index contributed by atoms with van der Waals surface area (Å²) >= 11 is 1.41. The van der Waals surface area contributed by atoms with Crippen LogP contribution in [0.4, 0.5) is 5.13 Å². The molecule has 0 bridgehead atoms. The predicted molar refractivity (Wildman–Crippen MR) is 111 cm³/mol. The van der Waals surface area contributed by atoms with Gasteiger partial charge in [0.2, 0.25) is 5.13 Å². The van der Waals surface area contributed by atoms with Crippen LogP contribution in [0.3, 0.4) is 0 Å². The number of amides is 1. The van der Waals surface area contributed by atoms with Gasteiger partial charge in [-0.25, -0.2) is 0 Å². The number of piperazine rings is 1. The molecule has 0 N–H and O–H groups in total. The van der Waals surface area contributed by atoms with Gasteiger partial charge in [-0.3, -0.25) is 4.79 Å². The summed E-state index contributed by atoms with van der Waals surface area (Å²) in [5.74, 6) is 1.54. The Balaban J connectivity index is 1.41. The second-order valence-electron chi connectivity index (χ2n) is 6.73. The first-order chi connectivity index (χ1) is 13.7. The van der Waals surface area contributed by atoms with Gasteiger partial charge < -0.3 is 14.5 Å². The van der Waals surface area contributed by atoms with Crippen molar-refractivity contribution in [1.82, 2.24) is 14.3 Å². The highest BCUT2D eigenvalue weighted by Gasteiger charge is 2.24. The number of carbonyl (C=O) groups is 1. The number of anilines is 1. The molecule has 0 unspecified atom stereocenters. The van der Waals surface area contributed by atoms with Gasteiger partial charge in [0, 0.05) is 48.8 Å². The molecule has 1 aromatic heterocycles. The Morgan fingerprint density at radius 3 is 2.54 bits per heavy atom. The van der Waals surface area contributed by atoms with Crippen LogP contribution in [0.5, 0.6) is 5.75 Å². The van der Waals surface area contributed by atoms with E-state index >= 15 is 0 Å². The SMILES string of the molecule is COc1cc(C(=O)N2CCN(c3nc(-c4ccccc4)ns3)CC2)ccc1C. The number of rotatable bonds is 4. The van der Waals surface area contributed by atoms with Crippen LogP contribution in [0.15, 0.2) is 48.5 Å². The van der Waals surface area contributed by atoms with Crippen molar-refractivity contribution in [3.8, 4) is 17.1 Å². The van der Waals surface area contributed by atoms with E-state index in [-0.39, 0.29) is 5.91 Å². The lowest BCUT2D eigenvalue weighted by atomic mass is 10.1. The van der Waals surface area contributed by atoms with Crippen molar-refractivity contribution < 1.29 is 9.53 Å². The highest BCUT2D eigenvalue weighted by Crippen LogP contribution is 2.25. The monoisotopic (exact) mass is 394 g/mol. The third-order valence-electron chi connectivity index (χ3n) is 4.94. The molecule has 1 aliphatic rings. The van der Waals surface area contributed by atoms with Crippen molar-refractivity contribution in [2.24, 2.45) is 0 Å². The molecular formula is C21H22N4O2S. The summed E-state index contributed by atoms with van der Waals surface area (Å²) in [5.41, 5.74) is 2.71. The van der Waals surface area contributed by atoms with E-state index in [1.54, 1.807) is 7.11 Å². The van der Waals surface area contributed by atoms with Crippen molar-refractivity contribution in [1.29, 1.82) is 0 Å². The minimum Gasteiger partial charge on any atom is -0.496 e. The van der Waals surface area contributed by atoms with E-state index in [4.69, 9.17) is 4.74 Å². The number of hydrogen-bond donors (Lipinski definition) is 0. The molecule has 1 fully saturated rings. The van der Waals surface area contributed by atoms with E-state index in [2.05, 4.69) is 14.3 Å². The van der Waals surface area contributed by atoms with Crippen molar-refractivity contribution in [2.45, 2.75) is 6.92 Å². The number of aryl methyl sites for hydroxylation is 1. The zero-order valence-corrected chi connectivity index (χ0v) is 16.8. The average Bonchev–Trinajstić information content (AvgIpc) is 3.25. The van der Waals surface area contributed by atoms with Gasteiger partial charge in [-0.05, 0) is 24.6 Å². The number of ether oxygens (including phenoxy) is 1. The highest BCUT2D eigenvalue weighted by atomic mass is 32.1. The lowest BCUT2D eigenvalue weighted by Crippen LogP contribution is -2.48. The summed E-state index contributed by atoms with van der Waals surface area (Å²) in [6, 6.07) is 15.6. The average molecular weight is 395 g/mol. The third-order valence-corrected chi connectivity index (χ3v) is 5.72. The van der Waals surface area contributed by atoms with Crippen LogP contribution in [0.1, 0.15) is 15.9 Å². The Labute approximate surface area is 168 Å². The molecular weight excluding hydrogens is 372 g/mol. The number of nitrogens with zero attached hydrogens (tertiary/aromatic N) is 4. The fraction of sp³-hybridized carbons (Fsp3) is 0.286. The zero-order valence-electron chi connectivity index (χ0n) is 16.0. The molecule has 0 saturated carbocycles. The Bertz CT molecular complexity index is 966. The molecule has 4 rings (SSSR count). The van der Waals surface area contributed by atoms with Crippen LogP contribution in [0.2, 0.25) is 0 Å². The van der Waals surface area contributed by atoms with Crippen molar-refractivity contribution in [3.63, 3.8) is 0 Å². The zero-order chi connectivity index (χ0) is 19.5. The normalized spacial score (nSPS) is 14.2. The quantitative estimate of drug-likeness (QED) is 0.678. The Kier molecular flexibility index (Phi) is 5.25. The molecule has 6 nitrogen and oxygen atoms in total. The minimum absolute atomic E-state index is 0.0418. The topological polar surface area (TPSA) is 58.6 Å². The third kappa shape index (κ3) is 3.71. The van der Waals surface area contributed by atoms with Crippen molar-refractivity contribution in [3.05, 3.63) is 59.7 Å². The van der Waals surface area contributed by atoms with Gasteiger partial charge in [-0.15, -0.1) is 0 Å². The first-order valence-corrected chi connectivity index (χ1v) is 10.0. The van der Waals surface area contributed by atoms with Gasteiger partial charge in [-0.2, -0.15) is 9.36 Å². The molecule has 0 aliphatic carbocycles. The lowest BCUT2D eigenvalue weighted by Gasteiger charge is -2.34. The molecule has 2 heterocycles. The van der Waals surface area contributed by atoms with Gasteiger partial charge in [0.25, 0.3) is 5.91 Å². The van der Waals surface area contributed by atoms with Crippen LogP contribution in [-0.2, 0) is 0 Å². The highest BCUT2D eigenvalue weighted by molar-refractivity contribution is 7.09. The number of carbonyl (C=O) groups excluding carboxylic acids is 1. The summed E-state index contributed by atoms with van der Waals surface area (Å²) < 4.78 is 9.83. The van der Waals surface area contributed by atoms with Gasteiger partial charge in [-0.1, -0.05) is 36.4 Å². The van der Waals surface area contributed by atoms with Crippen LogP contribution < -0.4 is 9.64 Å². The van der Waals surface area contributed by atoms with E-state index in [9.17, 15) is 4.79 Å². The molecule has 1 aliphatic heterocycles.